The third-order valence-corrected chi connectivity index (χ3v) is 4.28. The minimum Gasteiger partial charge on any atom is -0.378 e. The van der Waals surface area contributed by atoms with Gasteiger partial charge >= 0.3 is 0 Å². The highest BCUT2D eigenvalue weighted by atomic mass is 16.5. The number of nitrogens with zero attached hydrogens (tertiary/aromatic N) is 1. The molecule has 3 heteroatoms. The smallest absolute Gasteiger partial charge is 0.0590 e. The van der Waals surface area contributed by atoms with Crippen molar-refractivity contribution in [3.8, 4) is 0 Å². The Labute approximate surface area is 106 Å². The van der Waals surface area contributed by atoms with E-state index in [1.54, 1.807) is 0 Å². The molecule has 0 aromatic heterocycles. The van der Waals surface area contributed by atoms with Crippen molar-refractivity contribution in [3.05, 3.63) is 0 Å². The van der Waals surface area contributed by atoms with E-state index in [0.29, 0.717) is 6.10 Å². The molecule has 0 aromatic rings. The highest BCUT2D eigenvalue weighted by Gasteiger charge is 2.31. The van der Waals surface area contributed by atoms with Gasteiger partial charge < -0.3 is 10.1 Å². The highest BCUT2D eigenvalue weighted by molar-refractivity contribution is 4.85. The van der Waals surface area contributed by atoms with E-state index in [1.165, 1.54) is 51.7 Å². The number of ether oxygens (including phenoxy) is 1. The van der Waals surface area contributed by atoms with E-state index >= 15 is 0 Å². The van der Waals surface area contributed by atoms with Gasteiger partial charge in [-0.2, -0.15) is 0 Å². The summed E-state index contributed by atoms with van der Waals surface area (Å²) in [6, 6.07) is 0.794. The molecular weight excluding hydrogens is 212 g/mol. The monoisotopic (exact) mass is 240 g/mol. The molecule has 0 radical (unpaired) electrons. The van der Waals surface area contributed by atoms with E-state index in [1.807, 2.05) is 0 Å². The predicted molar refractivity (Wildman–Crippen MR) is 71.3 cm³/mol. The first-order valence-corrected chi connectivity index (χ1v) is 7.33. The maximum Gasteiger partial charge on any atom is 0.0590 e. The van der Waals surface area contributed by atoms with Crippen molar-refractivity contribution < 1.29 is 4.74 Å². The molecule has 2 aliphatic heterocycles. The first-order valence-electron chi connectivity index (χ1n) is 7.33. The fourth-order valence-electron chi connectivity index (χ4n) is 3.36. The highest BCUT2D eigenvalue weighted by Crippen LogP contribution is 2.26. The molecule has 0 aromatic carbocycles. The Morgan fingerprint density at radius 3 is 3.00 bits per heavy atom. The van der Waals surface area contributed by atoms with Crippen LogP contribution in [0.4, 0.5) is 0 Å². The van der Waals surface area contributed by atoms with E-state index in [9.17, 15) is 0 Å². The van der Waals surface area contributed by atoms with Crippen LogP contribution in [0, 0.1) is 5.92 Å². The number of likely N-dealkylation sites (tertiary alicyclic amines) is 1. The van der Waals surface area contributed by atoms with Crippen LogP contribution in [0.1, 0.15) is 39.0 Å². The summed E-state index contributed by atoms with van der Waals surface area (Å²) in [7, 11) is 2.06. The lowest BCUT2D eigenvalue weighted by Crippen LogP contribution is -2.41. The van der Waals surface area contributed by atoms with Crippen LogP contribution in [-0.2, 0) is 4.74 Å². The van der Waals surface area contributed by atoms with Gasteiger partial charge in [0.1, 0.15) is 0 Å². The second-order valence-corrected chi connectivity index (χ2v) is 5.67. The van der Waals surface area contributed by atoms with Gasteiger partial charge in [0.05, 0.1) is 6.10 Å². The summed E-state index contributed by atoms with van der Waals surface area (Å²) in [5, 5.41) is 3.31. The third-order valence-electron chi connectivity index (χ3n) is 4.28. The molecule has 0 saturated carbocycles. The normalized spacial score (nSPS) is 35.3. The van der Waals surface area contributed by atoms with Gasteiger partial charge in [-0.3, -0.25) is 4.90 Å². The fraction of sp³-hybridized carbons (Fsp3) is 1.00. The van der Waals surface area contributed by atoms with Crippen LogP contribution >= 0.6 is 0 Å². The van der Waals surface area contributed by atoms with Crippen molar-refractivity contribution in [3.63, 3.8) is 0 Å². The zero-order valence-corrected chi connectivity index (χ0v) is 11.5. The summed E-state index contributed by atoms with van der Waals surface area (Å²) in [5.41, 5.74) is 0. The molecule has 2 saturated heterocycles. The van der Waals surface area contributed by atoms with Crippen molar-refractivity contribution >= 4 is 0 Å². The summed E-state index contributed by atoms with van der Waals surface area (Å²) in [5.74, 6) is 0.868. The zero-order valence-electron chi connectivity index (χ0n) is 11.5. The summed E-state index contributed by atoms with van der Waals surface area (Å²) in [6.07, 6.45) is 6.90. The first kappa shape index (κ1) is 13.3. The topological polar surface area (TPSA) is 24.5 Å². The number of hydrogen-bond donors (Lipinski definition) is 1. The van der Waals surface area contributed by atoms with Gasteiger partial charge in [0.15, 0.2) is 0 Å². The predicted octanol–water partition coefficient (Wildman–Crippen LogP) is 1.88. The Morgan fingerprint density at radius 2 is 2.24 bits per heavy atom. The molecule has 0 spiro atoms. The minimum absolute atomic E-state index is 0.530. The van der Waals surface area contributed by atoms with E-state index in [2.05, 4.69) is 24.2 Å². The third kappa shape index (κ3) is 3.67. The van der Waals surface area contributed by atoms with Crippen LogP contribution in [0.25, 0.3) is 0 Å². The van der Waals surface area contributed by atoms with Crippen LogP contribution in [0.2, 0.25) is 0 Å². The van der Waals surface area contributed by atoms with Crippen LogP contribution in [0.15, 0.2) is 0 Å². The fourth-order valence-corrected chi connectivity index (χ4v) is 3.36. The standard InChI is InChI=1S/C14H28N2O/c1-3-4-14-9-13(6-8-17-14)16-7-5-12(11-16)10-15-2/h12-15H,3-11H2,1-2H3. The zero-order chi connectivity index (χ0) is 12.1. The van der Waals surface area contributed by atoms with E-state index in [4.69, 9.17) is 4.74 Å². The minimum atomic E-state index is 0.530. The van der Waals surface area contributed by atoms with Crippen LogP contribution in [-0.4, -0.2) is 50.3 Å². The molecule has 3 unspecified atom stereocenters. The van der Waals surface area contributed by atoms with Gasteiger partial charge in [0.2, 0.25) is 0 Å². The van der Waals surface area contributed by atoms with Gasteiger partial charge in [-0.25, -0.2) is 0 Å². The van der Waals surface area contributed by atoms with Gasteiger partial charge in [-0.1, -0.05) is 13.3 Å². The Bertz CT molecular complexity index is 220. The van der Waals surface area contributed by atoms with Crippen LogP contribution in [0.3, 0.4) is 0 Å². The van der Waals surface area contributed by atoms with Gasteiger partial charge in [-0.05, 0) is 51.7 Å². The second-order valence-electron chi connectivity index (χ2n) is 5.67. The Balaban J connectivity index is 1.78. The van der Waals surface area contributed by atoms with Crippen LogP contribution in [0.5, 0.6) is 0 Å². The second kappa shape index (κ2) is 6.72. The Morgan fingerprint density at radius 1 is 1.35 bits per heavy atom. The molecule has 1 N–H and O–H groups in total. The molecule has 2 heterocycles. The Hall–Kier alpha value is -0.120. The molecule has 2 fully saturated rings. The molecule has 3 nitrogen and oxygen atoms in total. The van der Waals surface area contributed by atoms with Crippen molar-refractivity contribution in [2.24, 2.45) is 5.92 Å². The van der Waals surface area contributed by atoms with E-state index in [-0.39, 0.29) is 0 Å². The maximum atomic E-state index is 5.84. The molecule has 0 bridgehead atoms. The van der Waals surface area contributed by atoms with E-state index < -0.39 is 0 Å². The largest absolute Gasteiger partial charge is 0.378 e. The first-order chi connectivity index (χ1) is 8.33. The molecule has 17 heavy (non-hydrogen) atoms. The lowest BCUT2D eigenvalue weighted by molar-refractivity contribution is -0.0268. The summed E-state index contributed by atoms with van der Waals surface area (Å²) < 4.78 is 5.84. The summed E-state index contributed by atoms with van der Waals surface area (Å²) in [4.78, 5) is 2.72. The van der Waals surface area contributed by atoms with E-state index in [0.717, 1.165) is 18.6 Å². The van der Waals surface area contributed by atoms with Crippen molar-refractivity contribution in [1.29, 1.82) is 0 Å². The van der Waals surface area contributed by atoms with Crippen LogP contribution < -0.4 is 5.32 Å². The lowest BCUT2D eigenvalue weighted by Gasteiger charge is -2.35. The number of rotatable bonds is 5. The molecule has 0 amide bonds. The molecule has 2 aliphatic rings. The number of hydrogen-bond acceptors (Lipinski definition) is 3. The maximum absolute atomic E-state index is 5.84. The summed E-state index contributed by atoms with van der Waals surface area (Å²) in [6.45, 7) is 7.01. The summed E-state index contributed by atoms with van der Waals surface area (Å²) >= 11 is 0. The van der Waals surface area contributed by atoms with Crippen molar-refractivity contribution in [2.75, 3.05) is 33.3 Å². The molecule has 0 aliphatic carbocycles. The molecule has 2 rings (SSSR count). The van der Waals surface area contributed by atoms with Gasteiger partial charge in [0, 0.05) is 19.2 Å². The average Bonchev–Trinajstić information content (AvgIpc) is 2.79. The molecule has 3 atom stereocenters. The van der Waals surface area contributed by atoms with Gasteiger partial charge in [-0.15, -0.1) is 0 Å². The quantitative estimate of drug-likeness (QED) is 0.794. The average molecular weight is 240 g/mol. The lowest BCUT2D eigenvalue weighted by atomic mass is 9.99. The SMILES string of the molecule is CCCC1CC(N2CCC(CNC)C2)CCO1. The molecule has 100 valence electrons. The van der Waals surface area contributed by atoms with Gasteiger partial charge in [0.25, 0.3) is 0 Å². The Kier molecular flexibility index (Phi) is 5.26. The molecular formula is C14H28N2O. The van der Waals surface area contributed by atoms with Crippen molar-refractivity contribution in [2.45, 2.75) is 51.2 Å². The van der Waals surface area contributed by atoms with Crippen molar-refractivity contribution in [1.82, 2.24) is 10.2 Å². The number of nitrogens with one attached hydrogen (secondary N) is 1.